The lowest BCUT2D eigenvalue weighted by Gasteiger charge is -2.38. The molecule has 3 nitrogen and oxygen atoms in total. The molecule has 5 rings (SSSR count). The van der Waals surface area contributed by atoms with Gasteiger partial charge in [-0.05, 0) is 31.0 Å². The molecule has 2 atom stereocenters. The number of nitrogens with zero attached hydrogens (tertiary/aromatic N) is 2. The van der Waals surface area contributed by atoms with Crippen molar-refractivity contribution in [1.29, 1.82) is 0 Å². The van der Waals surface area contributed by atoms with E-state index in [0.29, 0.717) is 0 Å². The Bertz CT molecular complexity index is 1030. The summed E-state index contributed by atoms with van der Waals surface area (Å²) in [5.74, 6) is 0.966. The first-order valence-electron chi connectivity index (χ1n) is 9.45. The molecule has 2 aliphatic heterocycles. The minimum Gasteiger partial charge on any atom is -0.464 e. The number of hydrogen-bond donors (Lipinski definition) is 0. The van der Waals surface area contributed by atoms with Crippen LogP contribution in [-0.2, 0) is 0 Å². The van der Waals surface area contributed by atoms with Crippen LogP contribution in [0.5, 0.6) is 5.75 Å². The lowest BCUT2D eigenvalue weighted by Crippen LogP contribution is -2.34. The third-order valence-electron chi connectivity index (χ3n) is 5.50. The summed E-state index contributed by atoms with van der Waals surface area (Å²) in [5, 5.41) is 7.18. The smallest absolute Gasteiger partial charge is 0.214 e. The highest BCUT2D eigenvalue weighted by molar-refractivity contribution is 6.01. The maximum absolute atomic E-state index is 6.46. The fourth-order valence-corrected chi connectivity index (χ4v) is 4.15. The van der Waals surface area contributed by atoms with E-state index in [-0.39, 0.29) is 12.3 Å². The average molecular weight is 354 g/mol. The van der Waals surface area contributed by atoms with Crippen LogP contribution in [0.2, 0.25) is 0 Å². The zero-order valence-electron chi connectivity index (χ0n) is 15.6. The van der Waals surface area contributed by atoms with E-state index in [0.717, 1.165) is 17.9 Å². The fraction of sp³-hybridized carbons (Fsp3) is 0.208. The van der Waals surface area contributed by atoms with Crippen molar-refractivity contribution in [2.75, 3.05) is 0 Å². The number of ether oxygens (including phenoxy) is 1. The predicted octanol–water partition coefficient (Wildman–Crippen LogP) is 5.55. The zero-order valence-corrected chi connectivity index (χ0v) is 15.6. The Morgan fingerprint density at radius 1 is 0.889 bits per heavy atom. The van der Waals surface area contributed by atoms with Crippen molar-refractivity contribution in [2.45, 2.75) is 32.5 Å². The van der Waals surface area contributed by atoms with Crippen LogP contribution in [-0.4, -0.2) is 10.7 Å². The molecule has 0 saturated carbocycles. The highest BCUT2D eigenvalue weighted by Gasteiger charge is 2.41. The summed E-state index contributed by atoms with van der Waals surface area (Å²) in [7, 11) is 0. The number of para-hydroxylation sites is 1. The number of fused-ring (bicyclic) bond motifs is 3. The van der Waals surface area contributed by atoms with Crippen LogP contribution in [0.3, 0.4) is 0 Å². The van der Waals surface area contributed by atoms with Gasteiger partial charge in [-0.3, -0.25) is 0 Å². The van der Waals surface area contributed by atoms with Crippen molar-refractivity contribution in [2.24, 2.45) is 5.10 Å². The lowest BCUT2D eigenvalue weighted by atomic mass is 9.95. The molecule has 0 aromatic heterocycles. The van der Waals surface area contributed by atoms with Gasteiger partial charge in [0.15, 0.2) is 0 Å². The van der Waals surface area contributed by atoms with Crippen molar-refractivity contribution in [3.63, 3.8) is 0 Å². The third kappa shape index (κ3) is 2.71. The van der Waals surface area contributed by atoms with E-state index in [9.17, 15) is 0 Å². The third-order valence-corrected chi connectivity index (χ3v) is 5.50. The summed E-state index contributed by atoms with van der Waals surface area (Å²) in [6, 6.07) is 25.6. The van der Waals surface area contributed by atoms with Gasteiger partial charge in [0.25, 0.3) is 0 Å². The fourth-order valence-electron chi connectivity index (χ4n) is 4.15. The largest absolute Gasteiger partial charge is 0.464 e. The molecule has 0 amide bonds. The molecule has 0 spiro atoms. The molecular formula is C24H22N2O. The second kappa shape index (κ2) is 6.27. The average Bonchev–Trinajstić information content (AvgIpc) is 3.14. The highest BCUT2D eigenvalue weighted by Crippen LogP contribution is 2.47. The van der Waals surface area contributed by atoms with E-state index >= 15 is 0 Å². The molecule has 3 heteroatoms. The summed E-state index contributed by atoms with van der Waals surface area (Å²) in [4.78, 5) is 0. The second-order valence-corrected chi connectivity index (χ2v) is 7.38. The van der Waals surface area contributed by atoms with Crippen molar-refractivity contribution >= 4 is 5.71 Å². The molecule has 0 fully saturated rings. The second-order valence-electron chi connectivity index (χ2n) is 7.38. The summed E-state index contributed by atoms with van der Waals surface area (Å²) in [5.41, 5.74) is 7.20. The number of benzene rings is 3. The Morgan fingerprint density at radius 3 is 2.48 bits per heavy atom. The van der Waals surface area contributed by atoms with Gasteiger partial charge in [-0.25, -0.2) is 5.01 Å². The van der Waals surface area contributed by atoms with Crippen molar-refractivity contribution < 1.29 is 4.74 Å². The Hall–Kier alpha value is -3.07. The van der Waals surface area contributed by atoms with Gasteiger partial charge in [-0.2, -0.15) is 5.10 Å². The van der Waals surface area contributed by atoms with Gasteiger partial charge in [0.2, 0.25) is 6.23 Å². The van der Waals surface area contributed by atoms with E-state index in [2.05, 4.69) is 79.5 Å². The Morgan fingerprint density at radius 2 is 1.67 bits per heavy atom. The summed E-state index contributed by atoms with van der Waals surface area (Å²) >= 11 is 0. The minimum atomic E-state index is -0.202. The molecule has 0 saturated heterocycles. The van der Waals surface area contributed by atoms with Crippen LogP contribution in [0, 0.1) is 13.8 Å². The van der Waals surface area contributed by atoms with Gasteiger partial charge in [-0.15, -0.1) is 0 Å². The Kier molecular flexibility index (Phi) is 3.75. The molecule has 3 aromatic carbocycles. The maximum Gasteiger partial charge on any atom is 0.214 e. The lowest BCUT2D eigenvalue weighted by molar-refractivity contribution is -0.0194. The number of rotatable bonds is 2. The van der Waals surface area contributed by atoms with E-state index in [1.165, 1.54) is 27.8 Å². The zero-order chi connectivity index (χ0) is 18.4. The van der Waals surface area contributed by atoms with Crippen LogP contribution in [0.4, 0.5) is 0 Å². The highest BCUT2D eigenvalue weighted by atomic mass is 16.5. The van der Waals surface area contributed by atoms with Crippen molar-refractivity contribution in [3.8, 4) is 5.75 Å². The quantitative estimate of drug-likeness (QED) is 0.603. The minimum absolute atomic E-state index is 0.202. The summed E-state index contributed by atoms with van der Waals surface area (Å²) < 4.78 is 6.46. The standard InChI is InChI=1S/C24H22N2O/c1-16-12-13-19(17(2)14-16)24-26-22(20-10-6-7-11-23(20)27-24)15-21(25-26)18-8-4-3-5-9-18/h3-14,22,24H,15H2,1-2H3/t22-,24-/m1/s1. The van der Waals surface area contributed by atoms with Gasteiger partial charge in [0.05, 0.1) is 11.8 Å². The van der Waals surface area contributed by atoms with Gasteiger partial charge in [0.1, 0.15) is 5.75 Å². The van der Waals surface area contributed by atoms with Gasteiger partial charge >= 0.3 is 0 Å². The first-order valence-corrected chi connectivity index (χ1v) is 9.45. The molecule has 0 bridgehead atoms. The molecule has 0 aliphatic carbocycles. The number of aryl methyl sites for hydroxylation is 2. The Balaban J connectivity index is 1.62. The Labute approximate surface area is 159 Å². The molecule has 0 N–H and O–H groups in total. The summed E-state index contributed by atoms with van der Waals surface area (Å²) in [6.45, 7) is 4.28. The van der Waals surface area contributed by atoms with E-state index in [1.54, 1.807) is 0 Å². The van der Waals surface area contributed by atoms with Crippen LogP contribution in [0.15, 0.2) is 77.9 Å². The maximum atomic E-state index is 6.46. The SMILES string of the molecule is Cc1ccc([C@H]2Oc3ccccc3[C@H]3CC(c4ccccc4)=NN32)c(C)c1. The number of hydrazone groups is 1. The van der Waals surface area contributed by atoms with E-state index in [4.69, 9.17) is 9.84 Å². The van der Waals surface area contributed by atoms with Gasteiger partial charge in [-0.1, -0.05) is 72.3 Å². The van der Waals surface area contributed by atoms with E-state index < -0.39 is 0 Å². The van der Waals surface area contributed by atoms with Crippen molar-refractivity contribution in [1.82, 2.24) is 5.01 Å². The normalized spacial score (nSPS) is 20.5. The van der Waals surface area contributed by atoms with Crippen LogP contribution in [0.1, 0.15) is 46.5 Å². The monoisotopic (exact) mass is 354 g/mol. The predicted molar refractivity (Wildman–Crippen MR) is 108 cm³/mol. The molecule has 3 aromatic rings. The van der Waals surface area contributed by atoms with Crippen molar-refractivity contribution in [3.05, 3.63) is 101 Å². The molecule has 0 unspecified atom stereocenters. The van der Waals surface area contributed by atoms with Crippen LogP contribution in [0.25, 0.3) is 0 Å². The summed E-state index contributed by atoms with van der Waals surface area (Å²) in [6.07, 6.45) is 0.693. The molecule has 2 aliphatic rings. The molecular weight excluding hydrogens is 332 g/mol. The molecule has 0 radical (unpaired) electrons. The molecule has 2 heterocycles. The number of hydrogen-bond acceptors (Lipinski definition) is 3. The first kappa shape index (κ1) is 16.1. The topological polar surface area (TPSA) is 24.8 Å². The van der Waals surface area contributed by atoms with Gasteiger partial charge < -0.3 is 4.74 Å². The van der Waals surface area contributed by atoms with E-state index in [1.807, 2.05) is 12.1 Å². The molecule has 134 valence electrons. The molecule has 27 heavy (non-hydrogen) atoms. The van der Waals surface area contributed by atoms with Crippen LogP contribution < -0.4 is 4.74 Å². The first-order chi connectivity index (χ1) is 13.2. The van der Waals surface area contributed by atoms with Crippen LogP contribution >= 0.6 is 0 Å². The van der Waals surface area contributed by atoms with Gasteiger partial charge in [0, 0.05) is 17.5 Å².